The number of nitrogens with zero attached hydrogens (tertiary/aromatic N) is 1. The fourth-order valence-corrected chi connectivity index (χ4v) is 1.54. The zero-order valence-electron chi connectivity index (χ0n) is 7.90. The lowest BCUT2D eigenvalue weighted by atomic mass is 10.1. The van der Waals surface area contributed by atoms with Crippen LogP contribution >= 0.6 is 11.6 Å². The Labute approximate surface area is 92.1 Å². The largest absolute Gasteiger partial charge is 0.293 e. The zero-order chi connectivity index (χ0) is 10.7. The molecule has 76 valence electrons. The Balaban J connectivity index is 2.46. The summed E-state index contributed by atoms with van der Waals surface area (Å²) >= 11 is 5.51. The molecule has 2 rings (SSSR count). The summed E-state index contributed by atoms with van der Waals surface area (Å²) in [4.78, 5) is 11.5. The number of Topliss-reactive ketones (excluding diaryl/α,β-unsaturated/α-hetero) is 1. The molecule has 0 radical (unpaired) electrons. The Morgan fingerprint density at radius 1 is 1.33 bits per heavy atom. The van der Waals surface area contributed by atoms with Gasteiger partial charge in [0.05, 0.1) is 23.3 Å². The van der Waals surface area contributed by atoms with Gasteiger partial charge in [0, 0.05) is 5.56 Å². The number of H-pyrrole nitrogens is 1. The molecule has 1 aromatic carbocycles. The molecule has 15 heavy (non-hydrogen) atoms. The van der Waals surface area contributed by atoms with E-state index in [1.165, 1.54) is 6.20 Å². The molecule has 0 aliphatic carbocycles. The molecular weight excluding hydrogens is 212 g/mol. The van der Waals surface area contributed by atoms with E-state index in [0.717, 1.165) is 11.3 Å². The second-order valence-electron chi connectivity index (χ2n) is 3.08. The van der Waals surface area contributed by atoms with Crippen LogP contribution in [0.4, 0.5) is 0 Å². The average Bonchev–Trinajstić information content (AvgIpc) is 2.78. The first-order valence-electron chi connectivity index (χ1n) is 4.51. The molecule has 0 saturated carbocycles. The fraction of sp³-hybridized carbons (Fsp3) is 0.0909. The highest BCUT2D eigenvalue weighted by atomic mass is 35.5. The van der Waals surface area contributed by atoms with E-state index in [2.05, 4.69) is 10.2 Å². The number of rotatable bonds is 3. The van der Waals surface area contributed by atoms with Crippen molar-refractivity contribution in [2.24, 2.45) is 0 Å². The van der Waals surface area contributed by atoms with E-state index >= 15 is 0 Å². The van der Waals surface area contributed by atoms with Gasteiger partial charge in [-0.05, 0) is 0 Å². The molecule has 0 fully saturated rings. The van der Waals surface area contributed by atoms with Crippen molar-refractivity contribution < 1.29 is 4.79 Å². The summed E-state index contributed by atoms with van der Waals surface area (Å²) < 4.78 is 0. The van der Waals surface area contributed by atoms with E-state index in [-0.39, 0.29) is 11.7 Å². The van der Waals surface area contributed by atoms with Crippen LogP contribution in [0, 0.1) is 0 Å². The molecule has 1 N–H and O–H groups in total. The molecule has 0 aliphatic heterocycles. The normalized spacial score (nSPS) is 10.2. The minimum absolute atomic E-state index is 0.0284. The molecule has 4 heteroatoms. The van der Waals surface area contributed by atoms with Crippen molar-refractivity contribution in [3.05, 3.63) is 42.1 Å². The maximum Gasteiger partial charge on any atom is 0.181 e. The van der Waals surface area contributed by atoms with E-state index in [1.54, 1.807) is 0 Å². The number of hydrogen-bond acceptors (Lipinski definition) is 2. The highest BCUT2D eigenvalue weighted by molar-refractivity contribution is 6.31. The SMILES string of the molecule is O=C(CCl)c1cn[nH]c1-c1ccccc1. The summed E-state index contributed by atoms with van der Waals surface area (Å²) in [5, 5.41) is 6.67. The molecule has 0 unspecified atom stereocenters. The van der Waals surface area contributed by atoms with Crippen molar-refractivity contribution in [3.8, 4) is 11.3 Å². The van der Waals surface area contributed by atoms with Gasteiger partial charge in [-0.15, -0.1) is 11.6 Å². The molecule has 0 saturated heterocycles. The van der Waals surface area contributed by atoms with Crippen LogP contribution in [0.1, 0.15) is 10.4 Å². The topological polar surface area (TPSA) is 45.8 Å². The van der Waals surface area contributed by atoms with Gasteiger partial charge >= 0.3 is 0 Å². The molecule has 3 nitrogen and oxygen atoms in total. The van der Waals surface area contributed by atoms with Crippen LogP contribution in [0.2, 0.25) is 0 Å². The Kier molecular flexibility index (Phi) is 2.83. The first kappa shape index (κ1) is 9.93. The lowest BCUT2D eigenvalue weighted by Gasteiger charge is -1.99. The summed E-state index contributed by atoms with van der Waals surface area (Å²) in [5.74, 6) is -0.149. The van der Waals surface area contributed by atoms with Crippen LogP contribution in [0.5, 0.6) is 0 Å². The van der Waals surface area contributed by atoms with Gasteiger partial charge in [-0.2, -0.15) is 5.10 Å². The predicted octanol–water partition coefficient (Wildman–Crippen LogP) is 2.50. The van der Waals surface area contributed by atoms with E-state index in [4.69, 9.17) is 11.6 Å². The molecule has 1 aromatic heterocycles. The quantitative estimate of drug-likeness (QED) is 0.638. The summed E-state index contributed by atoms with van der Waals surface area (Å²) in [5.41, 5.74) is 2.20. The first-order chi connectivity index (χ1) is 7.33. The zero-order valence-corrected chi connectivity index (χ0v) is 8.66. The van der Waals surface area contributed by atoms with E-state index in [1.807, 2.05) is 30.3 Å². The lowest BCUT2D eigenvalue weighted by molar-refractivity contribution is 0.102. The third kappa shape index (κ3) is 1.92. The monoisotopic (exact) mass is 220 g/mol. The maximum absolute atomic E-state index is 11.5. The minimum Gasteiger partial charge on any atom is -0.293 e. The highest BCUT2D eigenvalue weighted by Crippen LogP contribution is 2.20. The molecule has 0 spiro atoms. The van der Waals surface area contributed by atoms with Gasteiger partial charge in [-0.25, -0.2) is 0 Å². The number of halogens is 1. The molecular formula is C11H9ClN2O. The number of hydrogen-bond donors (Lipinski definition) is 1. The van der Waals surface area contributed by atoms with Gasteiger partial charge in [0.15, 0.2) is 5.78 Å². The highest BCUT2D eigenvalue weighted by Gasteiger charge is 2.13. The van der Waals surface area contributed by atoms with E-state index < -0.39 is 0 Å². The molecule has 2 aromatic rings. The third-order valence-electron chi connectivity index (χ3n) is 2.12. The average molecular weight is 221 g/mol. The van der Waals surface area contributed by atoms with Crippen LogP contribution in [0.15, 0.2) is 36.5 Å². The fourth-order valence-electron chi connectivity index (χ4n) is 1.39. The van der Waals surface area contributed by atoms with Crippen LogP contribution in [-0.4, -0.2) is 21.9 Å². The van der Waals surface area contributed by atoms with Crippen molar-refractivity contribution in [1.82, 2.24) is 10.2 Å². The smallest absolute Gasteiger partial charge is 0.181 e. The number of carbonyl (C=O) groups is 1. The van der Waals surface area contributed by atoms with Gasteiger partial charge < -0.3 is 0 Å². The Morgan fingerprint density at radius 2 is 2.07 bits per heavy atom. The summed E-state index contributed by atoms with van der Waals surface area (Å²) in [7, 11) is 0. The number of carbonyl (C=O) groups excluding carboxylic acids is 1. The van der Waals surface area contributed by atoms with Crippen molar-refractivity contribution in [1.29, 1.82) is 0 Å². The van der Waals surface area contributed by atoms with Crippen molar-refractivity contribution in [2.75, 3.05) is 5.88 Å². The van der Waals surface area contributed by atoms with Crippen LogP contribution in [0.25, 0.3) is 11.3 Å². The van der Waals surface area contributed by atoms with E-state index in [0.29, 0.717) is 5.56 Å². The second-order valence-corrected chi connectivity index (χ2v) is 3.35. The van der Waals surface area contributed by atoms with E-state index in [9.17, 15) is 4.79 Å². The van der Waals surface area contributed by atoms with Crippen LogP contribution < -0.4 is 0 Å². The Morgan fingerprint density at radius 3 is 2.73 bits per heavy atom. The maximum atomic E-state index is 11.5. The summed E-state index contributed by atoms with van der Waals surface area (Å²) in [6.07, 6.45) is 1.51. The number of benzene rings is 1. The number of aromatic nitrogens is 2. The molecule has 0 atom stereocenters. The molecule has 0 bridgehead atoms. The summed E-state index contributed by atoms with van der Waals surface area (Å²) in [6.45, 7) is 0. The number of aromatic amines is 1. The molecule has 1 heterocycles. The predicted molar refractivity (Wildman–Crippen MR) is 59.1 cm³/mol. The van der Waals surface area contributed by atoms with Gasteiger partial charge in [0.1, 0.15) is 0 Å². The van der Waals surface area contributed by atoms with Crippen molar-refractivity contribution in [3.63, 3.8) is 0 Å². The standard InChI is InChI=1S/C11H9ClN2O/c12-6-10(15)9-7-13-14-11(9)8-4-2-1-3-5-8/h1-5,7H,6H2,(H,13,14). The van der Waals surface area contributed by atoms with Crippen LogP contribution in [0.3, 0.4) is 0 Å². The Bertz CT molecular complexity index is 464. The van der Waals surface area contributed by atoms with Crippen molar-refractivity contribution >= 4 is 17.4 Å². The number of alkyl halides is 1. The van der Waals surface area contributed by atoms with Gasteiger partial charge in [-0.3, -0.25) is 9.89 Å². The second kappa shape index (κ2) is 4.28. The first-order valence-corrected chi connectivity index (χ1v) is 5.04. The van der Waals surface area contributed by atoms with Crippen LogP contribution in [-0.2, 0) is 0 Å². The van der Waals surface area contributed by atoms with Crippen molar-refractivity contribution in [2.45, 2.75) is 0 Å². The minimum atomic E-state index is -0.121. The number of ketones is 1. The Hall–Kier alpha value is -1.61. The molecule has 0 aliphatic rings. The lowest BCUT2D eigenvalue weighted by Crippen LogP contribution is -2.00. The molecule has 0 amide bonds. The van der Waals surface area contributed by atoms with Gasteiger partial charge in [-0.1, -0.05) is 30.3 Å². The third-order valence-corrected chi connectivity index (χ3v) is 2.37. The van der Waals surface area contributed by atoms with Gasteiger partial charge in [0.25, 0.3) is 0 Å². The number of nitrogens with one attached hydrogen (secondary N) is 1. The summed E-state index contributed by atoms with van der Waals surface area (Å²) in [6, 6.07) is 9.57. The van der Waals surface area contributed by atoms with Gasteiger partial charge in [0.2, 0.25) is 0 Å².